The van der Waals surface area contributed by atoms with Gasteiger partial charge in [0.25, 0.3) is 0 Å². The Morgan fingerprint density at radius 2 is 1.78 bits per heavy atom. The van der Waals surface area contributed by atoms with E-state index in [1.54, 1.807) is 39.0 Å². The van der Waals surface area contributed by atoms with Gasteiger partial charge in [0.2, 0.25) is 0 Å². The highest BCUT2D eigenvalue weighted by molar-refractivity contribution is 6.31. The van der Waals surface area contributed by atoms with Crippen molar-refractivity contribution in [3.8, 4) is 5.75 Å². The molecule has 7 heteroatoms. The second-order valence-electron chi connectivity index (χ2n) is 6.76. The molecule has 27 heavy (non-hydrogen) atoms. The van der Waals surface area contributed by atoms with Gasteiger partial charge in [0, 0.05) is 10.7 Å². The van der Waals surface area contributed by atoms with E-state index in [0.29, 0.717) is 10.7 Å². The lowest BCUT2D eigenvalue weighted by Crippen LogP contribution is -2.39. The smallest absolute Gasteiger partial charge is 0.414 e. The predicted molar refractivity (Wildman–Crippen MR) is 104 cm³/mol. The molecule has 0 aliphatic carbocycles. The molecule has 6 nitrogen and oxygen atoms in total. The molecule has 0 aromatic heterocycles. The number of aromatic carboxylic acids is 1. The summed E-state index contributed by atoms with van der Waals surface area (Å²) in [6.07, 6.45) is -0.508. The number of carbonyl (C=O) groups is 2. The molecule has 2 aromatic rings. The summed E-state index contributed by atoms with van der Waals surface area (Å²) >= 11 is 5.84. The van der Waals surface area contributed by atoms with E-state index in [1.807, 2.05) is 18.2 Å². The third-order valence-electron chi connectivity index (χ3n) is 3.43. The Balaban J connectivity index is 2.13. The molecule has 0 aliphatic rings. The van der Waals surface area contributed by atoms with Gasteiger partial charge in [-0.1, -0.05) is 29.8 Å². The van der Waals surface area contributed by atoms with E-state index in [0.717, 1.165) is 0 Å². The van der Waals surface area contributed by atoms with E-state index in [-0.39, 0.29) is 24.5 Å². The largest absolute Gasteiger partial charge is 0.491 e. The topological polar surface area (TPSA) is 76.1 Å². The lowest BCUT2D eigenvalue weighted by Gasteiger charge is -2.27. The summed E-state index contributed by atoms with van der Waals surface area (Å²) in [7, 11) is 0. The summed E-state index contributed by atoms with van der Waals surface area (Å²) < 4.78 is 11.1. The van der Waals surface area contributed by atoms with Crippen molar-refractivity contribution in [3.63, 3.8) is 0 Å². The zero-order valence-corrected chi connectivity index (χ0v) is 16.2. The Labute approximate surface area is 163 Å². The van der Waals surface area contributed by atoms with Crippen LogP contribution in [-0.4, -0.2) is 35.9 Å². The minimum atomic E-state index is -1.14. The molecule has 0 unspecified atom stereocenters. The number of anilines is 1. The Morgan fingerprint density at radius 1 is 1.11 bits per heavy atom. The average Bonchev–Trinajstić information content (AvgIpc) is 2.58. The van der Waals surface area contributed by atoms with Gasteiger partial charge in [-0.05, 0) is 51.1 Å². The van der Waals surface area contributed by atoms with Crippen LogP contribution in [0.15, 0.2) is 48.5 Å². The van der Waals surface area contributed by atoms with E-state index in [2.05, 4.69) is 0 Å². The number of carboxylic acids is 1. The van der Waals surface area contributed by atoms with Crippen molar-refractivity contribution in [2.75, 3.05) is 18.1 Å². The molecule has 1 N–H and O–H groups in total. The van der Waals surface area contributed by atoms with Crippen molar-refractivity contribution in [1.29, 1.82) is 0 Å². The molecule has 0 aliphatic heterocycles. The van der Waals surface area contributed by atoms with Gasteiger partial charge in [0.1, 0.15) is 23.5 Å². The van der Waals surface area contributed by atoms with E-state index in [1.165, 1.54) is 17.0 Å². The van der Waals surface area contributed by atoms with Crippen LogP contribution in [0.4, 0.5) is 10.5 Å². The second-order valence-corrected chi connectivity index (χ2v) is 7.20. The summed E-state index contributed by atoms with van der Waals surface area (Å²) in [4.78, 5) is 25.3. The highest BCUT2D eigenvalue weighted by Crippen LogP contribution is 2.23. The van der Waals surface area contributed by atoms with Gasteiger partial charge in [-0.3, -0.25) is 4.90 Å². The molecule has 0 fully saturated rings. The fourth-order valence-corrected chi connectivity index (χ4v) is 2.46. The normalized spacial score (nSPS) is 11.0. The van der Waals surface area contributed by atoms with Crippen LogP contribution in [0.3, 0.4) is 0 Å². The van der Waals surface area contributed by atoms with Crippen molar-refractivity contribution in [1.82, 2.24) is 0 Å². The number of carbonyl (C=O) groups excluding carboxylic acids is 1. The number of hydrogen-bond acceptors (Lipinski definition) is 4. The summed E-state index contributed by atoms with van der Waals surface area (Å²) in [6, 6.07) is 13.4. The molecule has 1 amide bonds. The van der Waals surface area contributed by atoms with Crippen LogP contribution in [-0.2, 0) is 4.74 Å². The van der Waals surface area contributed by atoms with Gasteiger partial charge in [-0.15, -0.1) is 0 Å². The van der Waals surface area contributed by atoms with Crippen LogP contribution in [0.2, 0.25) is 5.02 Å². The Morgan fingerprint density at radius 3 is 2.37 bits per heavy atom. The zero-order valence-electron chi connectivity index (χ0n) is 15.4. The number of hydrogen-bond donors (Lipinski definition) is 1. The first-order valence-corrected chi connectivity index (χ1v) is 8.76. The summed E-state index contributed by atoms with van der Waals surface area (Å²) in [5.74, 6) is -0.955. The number of nitrogens with zero attached hydrogens (tertiary/aromatic N) is 1. The minimum absolute atomic E-state index is 0.0361. The lowest BCUT2D eigenvalue weighted by molar-refractivity contribution is 0.0572. The molecule has 0 saturated carbocycles. The van der Waals surface area contributed by atoms with Crippen LogP contribution in [0.25, 0.3) is 0 Å². The number of rotatable bonds is 6. The number of ether oxygens (including phenoxy) is 2. The Kier molecular flexibility index (Phi) is 6.69. The first-order valence-electron chi connectivity index (χ1n) is 8.38. The van der Waals surface area contributed by atoms with Gasteiger partial charge in [0.15, 0.2) is 0 Å². The van der Waals surface area contributed by atoms with Gasteiger partial charge in [0.05, 0.1) is 6.54 Å². The summed E-state index contributed by atoms with van der Waals surface area (Å²) in [5, 5.41) is 9.57. The maximum atomic E-state index is 12.6. The van der Waals surface area contributed by atoms with Crippen molar-refractivity contribution < 1.29 is 24.2 Å². The quantitative estimate of drug-likeness (QED) is 0.761. The van der Waals surface area contributed by atoms with Crippen LogP contribution in [0, 0.1) is 0 Å². The Bertz CT molecular complexity index is 802. The van der Waals surface area contributed by atoms with Crippen LogP contribution in [0.1, 0.15) is 31.1 Å². The SMILES string of the molecule is CC(C)(C)OC(=O)N(CCOc1ccc(Cl)cc1C(=O)O)c1ccccc1. The first kappa shape index (κ1) is 20.6. The van der Waals surface area contributed by atoms with Crippen molar-refractivity contribution in [2.24, 2.45) is 0 Å². The second kappa shape index (κ2) is 8.77. The maximum Gasteiger partial charge on any atom is 0.414 e. The molecule has 0 radical (unpaired) electrons. The maximum absolute atomic E-state index is 12.6. The monoisotopic (exact) mass is 391 g/mol. The Hall–Kier alpha value is -2.73. The highest BCUT2D eigenvalue weighted by atomic mass is 35.5. The van der Waals surface area contributed by atoms with Gasteiger partial charge < -0.3 is 14.6 Å². The lowest BCUT2D eigenvalue weighted by atomic mass is 10.2. The molecule has 144 valence electrons. The van der Waals surface area contributed by atoms with Crippen LogP contribution in [0.5, 0.6) is 5.75 Å². The molecule has 0 atom stereocenters. The molecular weight excluding hydrogens is 370 g/mol. The van der Waals surface area contributed by atoms with Gasteiger partial charge >= 0.3 is 12.1 Å². The molecular formula is C20H22ClNO5. The molecule has 2 aromatic carbocycles. The number of para-hydroxylation sites is 1. The van der Waals surface area contributed by atoms with Crippen LogP contribution >= 0.6 is 11.6 Å². The zero-order chi connectivity index (χ0) is 20.0. The predicted octanol–water partition coefficient (Wildman–Crippen LogP) is 4.86. The molecule has 0 spiro atoms. The number of halogens is 1. The van der Waals surface area contributed by atoms with E-state index < -0.39 is 17.7 Å². The third kappa shape index (κ3) is 6.18. The molecule has 2 rings (SSSR count). The molecule has 0 saturated heterocycles. The van der Waals surface area contributed by atoms with E-state index in [9.17, 15) is 14.7 Å². The summed E-state index contributed by atoms with van der Waals surface area (Å²) in [6.45, 7) is 5.63. The fraction of sp³-hybridized carbons (Fsp3) is 0.300. The van der Waals surface area contributed by atoms with Crippen molar-refractivity contribution in [3.05, 3.63) is 59.1 Å². The first-order chi connectivity index (χ1) is 12.7. The number of carboxylic acid groups (broad SMARTS) is 1. The van der Waals surface area contributed by atoms with E-state index >= 15 is 0 Å². The highest BCUT2D eigenvalue weighted by Gasteiger charge is 2.23. The molecule has 0 bridgehead atoms. The fourth-order valence-electron chi connectivity index (χ4n) is 2.29. The number of amides is 1. The minimum Gasteiger partial charge on any atom is -0.491 e. The van der Waals surface area contributed by atoms with Crippen molar-refractivity contribution >= 4 is 29.4 Å². The standard InChI is InChI=1S/C20H22ClNO5/c1-20(2,3)27-19(25)22(15-7-5-4-6-8-15)11-12-26-17-10-9-14(21)13-16(17)18(23)24/h4-10,13H,11-12H2,1-3H3,(H,23,24). The van der Waals surface area contributed by atoms with E-state index in [4.69, 9.17) is 21.1 Å². The van der Waals surface area contributed by atoms with Crippen LogP contribution < -0.4 is 9.64 Å². The third-order valence-corrected chi connectivity index (χ3v) is 3.66. The van der Waals surface area contributed by atoms with Gasteiger partial charge in [-0.2, -0.15) is 0 Å². The number of benzene rings is 2. The van der Waals surface area contributed by atoms with Gasteiger partial charge in [-0.25, -0.2) is 9.59 Å². The van der Waals surface area contributed by atoms with Crippen molar-refractivity contribution in [2.45, 2.75) is 26.4 Å². The summed E-state index contributed by atoms with van der Waals surface area (Å²) in [5.41, 5.74) is -0.0200. The molecule has 0 heterocycles. The average molecular weight is 392 g/mol.